The maximum Gasteiger partial charge on any atom is 0 e. The Morgan fingerprint density at radius 2 is 1.50 bits per heavy atom. The molecule has 1 nitrogen and oxygen atoms in total. The van der Waals surface area contributed by atoms with E-state index in [9.17, 15) is 0 Å². The van der Waals surface area contributed by atoms with Crippen molar-refractivity contribution in [3.63, 3.8) is 0 Å². The van der Waals surface area contributed by atoms with Gasteiger partial charge >= 0.3 is 0 Å². The summed E-state index contributed by atoms with van der Waals surface area (Å²) in [7, 11) is 4.50. The molecule has 0 fully saturated rings. The molecule has 0 aromatic rings. The zero-order valence-electron chi connectivity index (χ0n) is 3.78. The number of halogens is 1. The van der Waals surface area contributed by atoms with E-state index in [4.69, 9.17) is 0 Å². The summed E-state index contributed by atoms with van der Waals surface area (Å²) < 4.78 is 4.00. The van der Waals surface area contributed by atoms with Crippen molar-refractivity contribution in [2.24, 2.45) is 0 Å². The number of hydrogen-bond acceptors (Lipinski definition) is 1. The van der Waals surface area contributed by atoms with Crippen LogP contribution in [0.4, 0.5) is 0 Å². The standard InChI is InChI=1S/C2H5O.CH2Br.Y/c1-3-2;1-2;/h1H2,2H3;1H2;/q2*-1;. The first-order valence-corrected chi connectivity index (χ1v) is 2.09. The minimum Gasteiger partial charge on any atom is -0.557 e. The molecule has 1 radical (unpaired) electrons. The van der Waals surface area contributed by atoms with Gasteiger partial charge in [-0.15, -0.1) is 0 Å². The van der Waals surface area contributed by atoms with Crippen LogP contribution in [-0.4, -0.2) is 7.11 Å². The normalized spacial score (nSPS) is 4.00. The molecule has 0 rings (SSSR count). The summed E-state index contributed by atoms with van der Waals surface area (Å²) in [5, 5.41) is 0. The molecule has 0 unspecified atom stereocenters. The van der Waals surface area contributed by atoms with Gasteiger partial charge in [-0.1, -0.05) is 0 Å². The van der Waals surface area contributed by atoms with Crippen LogP contribution in [-0.2, 0) is 37.4 Å². The Morgan fingerprint density at radius 3 is 1.50 bits per heavy atom. The summed E-state index contributed by atoms with van der Waals surface area (Å²) in [5.74, 6) is 3.06. The first-order chi connectivity index (χ1) is 2.41. The summed E-state index contributed by atoms with van der Waals surface area (Å²) >= 11 is 2.69. The summed E-state index contributed by atoms with van der Waals surface area (Å²) in [5.41, 5.74) is 0. The van der Waals surface area contributed by atoms with E-state index in [1.54, 1.807) is 0 Å². The molecular formula is C3H7BrOY-2. The quantitative estimate of drug-likeness (QED) is 0.572. The van der Waals surface area contributed by atoms with Crippen molar-refractivity contribution in [1.29, 1.82) is 0 Å². The van der Waals surface area contributed by atoms with Crippen LogP contribution in [0.15, 0.2) is 0 Å². The molecule has 0 saturated carbocycles. The van der Waals surface area contributed by atoms with Crippen molar-refractivity contribution < 1.29 is 37.4 Å². The molecule has 0 spiro atoms. The summed E-state index contributed by atoms with van der Waals surface area (Å²) in [4.78, 5) is 0. The van der Waals surface area contributed by atoms with E-state index >= 15 is 0 Å². The maximum atomic E-state index is 4.00. The minimum atomic E-state index is 0. The van der Waals surface area contributed by atoms with Crippen molar-refractivity contribution in [2.45, 2.75) is 0 Å². The van der Waals surface area contributed by atoms with Crippen molar-refractivity contribution in [2.75, 3.05) is 7.11 Å². The van der Waals surface area contributed by atoms with Gasteiger partial charge in [-0.05, 0) is 7.11 Å². The van der Waals surface area contributed by atoms with Gasteiger partial charge in [0.05, 0.1) is 0 Å². The molecule has 0 aromatic carbocycles. The van der Waals surface area contributed by atoms with Gasteiger partial charge in [0.15, 0.2) is 0 Å². The topological polar surface area (TPSA) is 9.23 Å². The van der Waals surface area contributed by atoms with Gasteiger partial charge in [0, 0.05) is 32.7 Å². The zero-order valence-corrected chi connectivity index (χ0v) is 8.20. The Balaban J connectivity index is -0.0000000275. The summed E-state index contributed by atoms with van der Waals surface area (Å²) in [6.07, 6.45) is 0. The van der Waals surface area contributed by atoms with Gasteiger partial charge in [0.1, 0.15) is 0 Å². The molecule has 0 atom stereocenters. The average molecular weight is 228 g/mol. The third kappa shape index (κ3) is 48.0. The molecule has 0 amide bonds. The predicted molar refractivity (Wildman–Crippen MR) is 26.6 cm³/mol. The fourth-order valence-corrected chi connectivity index (χ4v) is 0. The molecule has 0 saturated heterocycles. The van der Waals surface area contributed by atoms with Crippen molar-refractivity contribution >= 4 is 15.9 Å². The van der Waals surface area contributed by atoms with Gasteiger partial charge < -0.3 is 20.7 Å². The Bertz CT molecular complexity index is 10.8. The second-order valence-electron chi connectivity index (χ2n) is 0.289. The van der Waals surface area contributed by atoms with Crippen molar-refractivity contribution in [3.8, 4) is 0 Å². The second kappa shape index (κ2) is 31.1. The van der Waals surface area contributed by atoms with Gasteiger partial charge in [-0.25, -0.2) is 7.11 Å². The molecule has 0 aliphatic heterocycles. The molecule has 3 heteroatoms. The summed E-state index contributed by atoms with van der Waals surface area (Å²) in [6.45, 7) is 0. The molecule has 37 valence electrons. The van der Waals surface area contributed by atoms with E-state index in [2.05, 4.69) is 33.6 Å². The van der Waals surface area contributed by atoms with E-state index < -0.39 is 0 Å². The van der Waals surface area contributed by atoms with E-state index in [0.29, 0.717) is 0 Å². The SMILES string of the molecule is [CH2-]Br.[CH2-]OC.[Y]. The Hall–Kier alpha value is 1.54. The first-order valence-electron chi connectivity index (χ1n) is 0.964. The van der Waals surface area contributed by atoms with E-state index in [0.717, 1.165) is 0 Å². The molecule has 0 heterocycles. The van der Waals surface area contributed by atoms with Gasteiger partial charge in [0.25, 0.3) is 0 Å². The Kier molecular flexibility index (Phi) is 81.0. The van der Waals surface area contributed by atoms with Gasteiger partial charge in [-0.2, -0.15) is 0 Å². The van der Waals surface area contributed by atoms with Crippen LogP contribution in [0.25, 0.3) is 0 Å². The maximum absolute atomic E-state index is 4.00. The van der Waals surface area contributed by atoms with Crippen LogP contribution in [0.1, 0.15) is 0 Å². The summed E-state index contributed by atoms with van der Waals surface area (Å²) in [6, 6.07) is 0. The number of rotatable bonds is 0. The fourth-order valence-electron chi connectivity index (χ4n) is 0. The molecular weight excluding hydrogens is 221 g/mol. The molecule has 0 bridgehead atoms. The largest absolute Gasteiger partial charge is 0.557 e. The van der Waals surface area contributed by atoms with Crippen LogP contribution >= 0.6 is 15.9 Å². The van der Waals surface area contributed by atoms with Crippen LogP contribution in [0, 0.1) is 12.9 Å². The van der Waals surface area contributed by atoms with Crippen LogP contribution < -0.4 is 0 Å². The first kappa shape index (κ1) is 15.6. The molecule has 0 aromatic heterocycles. The zero-order chi connectivity index (χ0) is 4.71. The number of hydrogen-bond donors (Lipinski definition) is 0. The van der Waals surface area contributed by atoms with E-state index in [1.807, 2.05) is 0 Å². The predicted octanol–water partition coefficient (Wildman–Crippen LogP) is 1.59. The Morgan fingerprint density at radius 1 is 1.50 bits per heavy atom. The fraction of sp³-hybridized carbons (Fsp3) is 0.333. The monoisotopic (exact) mass is 227 g/mol. The Labute approximate surface area is 72.8 Å². The third-order valence-electron chi connectivity index (χ3n) is 0. The van der Waals surface area contributed by atoms with Crippen molar-refractivity contribution in [3.05, 3.63) is 12.9 Å². The number of ether oxygens (including phenoxy) is 1. The van der Waals surface area contributed by atoms with E-state index in [-0.39, 0.29) is 32.7 Å². The average Bonchev–Trinajstić information content (AvgIpc) is 1.46. The van der Waals surface area contributed by atoms with E-state index in [1.165, 1.54) is 7.11 Å². The molecule has 0 N–H and O–H groups in total. The third-order valence-corrected chi connectivity index (χ3v) is 0. The van der Waals surface area contributed by atoms with Gasteiger partial charge in [0.2, 0.25) is 0 Å². The molecule has 0 aliphatic rings. The van der Waals surface area contributed by atoms with Crippen LogP contribution in [0.2, 0.25) is 0 Å². The molecule has 6 heavy (non-hydrogen) atoms. The minimum absolute atomic E-state index is 0. The smallest absolute Gasteiger partial charge is 0 e. The molecule has 0 aliphatic carbocycles. The van der Waals surface area contributed by atoms with Crippen molar-refractivity contribution in [1.82, 2.24) is 0 Å². The van der Waals surface area contributed by atoms with Gasteiger partial charge in [-0.3, -0.25) is 5.83 Å². The van der Waals surface area contributed by atoms with Crippen LogP contribution in [0.5, 0.6) is 0 Å². The van der Waals surface area contributed by atoms with Crippen LogP contribution in [0.3, 0.4) is 0 Å². The second-order valence-corrected chi connectivity index (χ2v) is 0.289. The number of methoxy groups -OCH3 is 1.